The number of benzene rings is 2. The Balaban J connectivity index is 1.57. The molecule has 1 aliphatic heterocycles. The van der Waals surface area contributed by atoms with Gasteiger partial charge >= 0.3 is 5.97 Å². The van der Waals surface area contributed by atoms with Crippen molar-refractivity contribution in [2.45, 2.75) is 20.3 Å². The highest BCUT2D eigenvalue weighted by Crippen LogP contribution is 2.29. The third-order valence-corrected chi connectivity index (χ3v) is 4.87. The number of aryl methyl sites for hydroxylation is 1. The largest absolute Gasteiger partial charge is 0.455 e. The van der Waals surface area contributed by atoms with Gasteiger partial charge in [0.05, 0.1) is 11.6 Å². The molecule has 1 aliphatic rings. The van der Waals surface area contributed by atoms with Crippen LogP contribution in [0.15, 0.2) is 36.4 Å². The first-order chi connectivity index (χ1) is 13.8. The second kappa shape index (κ2) is 8.38. The first kappa shape index (κ1) is 20.4. The summed E-state index contributed by atoms with van der Waals surface area (Å²) in [6.07, 6.45) is -0.0215. The molecule has 29 heavy (non-hydrogen) atoms. The van der Waals surface area contributed by atoms with Gasteiger partial charge in [-0.25, -0.2) is 8.78 Å². The topological polar surface area (TPSA) is 75.7 Å². The van der Waals surface area contributed by atoms with E-state index in [1.165, 1.54) is 4.90 Å². The zero-order valence-electron chi connectivity index (χ0n) is 16.0. The molecule has 152 valence electrons. The summed E-state index contributed by atoms with van der Waals surface area (Å²) in [6.45, 7) is 3.33. The molecule has 3 rings (SSSR count). The van der Waals surface area contributed by atoms with Crippen molar-refractivity contribution in [1.82, 2.24) is 0 Å². The highest BCUT2D eigenvalue weighted by atomic mass is 19.1. The highest BCUT2D eigenvalue weighted by Gasteiger charge is 2.37. The Morgan fingerprint density at radius 3 is 2.72 bits per heavy atom. The number of rotatable bonds is 5. The lowest BCUT2D eigenvalue weighted by molar-refractivity contribution is -0.151. The van der Waals surface area contributed by atoms with Crippen molar-refractivity contribution in [2.24, 2.45) is 5.92 Å². The maximum atomic E-state index is 13.6. The SMILES string of the molecule is Cc1cccc(N2C[C@@H](C(=O)OCC(=O)Nc3cc(F)ccc3F)CC2=O)c1C. The lowest BCUT2D eigenvalue weighted by Crippen LogP contribution is -2.28. The lowest BCUT2D eigenvalue weighted by atomic mass is 10.1. The van der Waals surface area contributed by atoms with E-state index in [1.54, 1.807) is 0 Å². The van der Waals surface area contributed by atoms with E-state index in [2.05, 4.69) is 5.32 Å². The van der Waals surface area contributed by atoms with E-state index in [9.17, 15) is 23.2 Å². The molecule has 1 atom stereocenters. The minimum atomic E-state index is -0.809. The molecule has 1 fully saturated rings. The maximum Gasteiger partial charge on any atom is 0.311 e. The van der Waals surface area contributed by atoms with Crippen LogP contribution in [0.4, 0.5) is 20.2 Å². The van der Waals surface area contributed by atoms with Gasteiger partial charge in [0.15, 0.2) is 6.61 Å². The van der Waals surface area contributed by atoms with Crippen molar-refractivity contribution < 1.29 is 27.9 Å². The number of carbonyl (C=O) groups is 3. The van der Waals surface area contributed by atoms with Crippen molar-refractivity contribution in [3.63, 3.8) is 0 Å². The van der Waals surface area contributed by atoms with Crippen LogP contribution >= 0.6 is 0 Å². The van der Waals surface area contributed by atoms with E-state index in [4.69, 9.17) is 4.74 Å². The molecule has 2 aromatic carbocycles. The van der Waals surface area contributed by atoms with Gasteiger partial charge in [0.2, 0.25) is 5.91 Å². The Morgan fingerprint density at radius 1 is 1.21 bits per heavy atom. The van der Waals surface area contributed by atoms with Gasteiger partial charge < -0.3 is 15.0 Å². The summed E-state index contributed by atoms with van der Waals surface area (Å²) in [4.78, 5) is 38.1. The first-order valence-corrected chi connectivity index (χ1v) is 9.04. The standard InChI is InChI=1S/C21H20F2N2O4/c1-12-4-3-5-18(13(12)2)25-10-14(8-20(25)27)21(28)29-11-19(26)24-17-9-15(22)6-7-16(17)23/h3-7,9,14H,8,10-11H2,1-2H3,(H,24,26)/t14-/m0/s1. The third-order valence-electron chi connectivity index (χ3n) is 4.87. The van der Waals surface area contributed by atoms with Gasteiger partial charge in [-0.15, -0.1) is 0 Å². The number of esters is 1. The highest BCUT2D eigenvalue weighted by molar-refractivity contribution is 6.00. The Morgan fingerprint density at radius 2 is 1.97 bits per heavy atom. The maximum absolute atomic E-state index is 13.6. The fourth-order valence-corrected chi connectivity index (χ4v) is 3.16. The van der Waals surface area contributed by atoms with Gasteiger partial charge in [0.25, 0.3) is 5.91 Å². The van der Waals surface area contributed by atoms with Gasteiger partial charge in [-0.05, 0) is 43.2 Å². The number of carbonyl (C=O) groups excluding carboxylic acids is 3. The number of amides is 2. The molecule has 0 bridgehead atoms. The molecule has 2 amide bonds. The van der Waals surface area contributed by atoms with E-state index >= 15 is 0 Å². The number of ether oxygens (including phenoxy) is 1. The van der Waals surface area contributed by atoms with E-state index in [1.807, 2.05) is 32.0 Å². The number of anilines is 2. The van der Waals surface area contributed by atoms with Crippen LogP contribution in [0.5, 0.6) is 0 Å². The van der Waals surface area contributed by atoms with Gasteiger partial charge in [-0.3, -0.25) is 14.4 Å². The number of nitrogens with zero attached hydrogens (tertiary/aromatic N) is 1. The van der Waals surface area contributed by atoms with Crippen molar-refractivity contribution in [1.29, 1.82) is 0 Å². The van der Waals surface area contributed by atoms with E-state index in [0.29, 0.717) is 0 Å². The predicted octanol–water partition coefficient (Wildman–Crippen LogP) is 3.12. The minimum Gasteiger partial charge on any atom is -0.455 e. The van der Waals surface area contributed by atoms with Crippen LogP contribution in [-0.2, 0) is 19.1 Å². The second-order valence-corrected chi connectivity index (χ2v) is 6.90. The summed E-state index contributed by atoms with van der Waals surface area (Å²) in [7, 11) is 0. The number of hydrogen-bond acceptors (Lipinski definition) is 4. The molecule has 0 aliphatic carbocycles. The molecular formula is C21H20F2N2O4. The fourth-order valence-electron chi connectivity index (χ4n) is 3.16. The number of nitrogens with one attached hydrogen (secondary N) is 1. The molecule has 0 radical (unpaired) electrons. The monoisotopic (exact) mass is 402 g/mol. The average molecular weight is 402 g/mol. The molecule has 0 aromatic heterocycles. The van der Waals surface area contributed by atoms with Gasteiger partial charge in [-0.1, -0.05) is 12.1 Å². The summed E-state index contributed by atoms with van der Waals surface area (Å²) in [5.41, 5.74) is 2.38. The average Bonchev–Trinajstić information content (AvgIpc) is 3.06. The Hall–Kier alpha value is -3.29. The zero-order chi connectivity index (χ0) is 21.1. The number of halogens is 2. The molecule has 1 saturated heterocycles. The molecule has 6 nitrogen and oxygen atoms in total. The van der Waals surface area contributed by atoms with Crippen LogP contribution in [0.25, 0.3) is 0 Å². The summed E-state index contributed by atoms with van der Waals surface area (Å²) in [6, 6.07) is 8.21. The van der Waals surface area contributed by atoms with E-state index in [0.717, 1.165) is 35.0 Å². The summed E-state index contributed by atoms with van der Waals surface area (Å²) in [5, 5.41) is 2.15. The van der Waals surface area contributed by atoms with Crippen LogP contribution in [0.3, 0.4) is 0 Å². The number of hydrogen-bond donors (Lipinski definition) is 1. The van der Waals surface area contributed by atoms with Crippen LogP contribution in [0, 0.1) is 31.4 Å². The molecule has 2 aromatic rings. The van der Waals surface area contributed by atoms with E-state index < -0.39 is 36.0 Å². The summed E-state index contributed by atoms with van der Waals surface area (Å²) in [5.74, 6) is -3.93. The van der Waals surface area contributed by atoms with Gasteiger partial charge in [0.1, 0.15) is 11.6 Å². The van der Waals surface area contributed by atoms with E-state index in [-0.39, 0.29) is 24.6 Å². The van der Waals surface area contributed by atoms with Crippen molar-refractivity contribution in [2.75, 3.05) is 23.4 Å². The van der Waals surface area contributed by atoms with Crippen molar-refractivity contribution >= 4 is 29.2 Å². The Bertz CT molecular complexity index is 977. The van der Waals surface area contributed by atoms with Crippen molar-refractivity contribution in [3.8, 4) is 0 Å². The summed E-state index contributed by atoms with van der Waals surface area (Å²) < 4.78 is 31.7. The van der Waals surface area contributed by atoms with Crippen LogP contribution in [0.2, 0.25) is 0 Å². The quantitative estimate of drug-likeness (QED) is 0.780. The van der Waals surface area contributed by atoms with Crippen molar-refractivity contribution in [3.05, 3.63) is 59.2 Å². The molecular weight excluding hydrogens is 382 g/mol. The van der Waals surface area contributed by atoms with Crippen LogP contribution in [0.1, 0.15) is 17.5 Å². The molecule has 0 spiro atoms. The Labute approximate surface area is 166 Å². The second-order valence-electron chi connectivity index (χ2n) is 6.90. The molecule has 1 N–H and O–H groups in total. The van der Waals surface area contributed by atoms with Crippen LogP contribution < -0.4 is 10.2 Å². The third kappa shape index (κ3) is 4.59. The normalized spacial score (nSPS) is 16.1. The van der Waals surface area contributed by atoms with Gasteiger partial charge in [0, 0.05) is 24.7 Å². The molecule has 0 saturated carbocycles. The molecule has 1 heterocycles. The zero-order valence-corrected chi connectivity index (χ0v) is 16.0. The molecule has 0 unspecified atom stereocenters. The van der Waals surface area contributed by atoms with Gasteiger partial charge in [-0.2, -0.15) is 0 Å². The first-order valence-electron chi connectivity index (χ1n) is 9.04. The minimum absolute atomic E-state index is 0.0215. The summed E-state index contributed by atoms with van der Waals surface area (Å²) >= 11 is 0. The smallest absolute Gasteiger partial charge is 0.311 e. The molecule has 8 heteroatoms. The lowest BCUT2D eigenvalue weighted by Gasteiger charge is -2.20. The van der Waals surface area contributed by atoms with Crippen LogP contribution in [-0.4, -0.2) is 30.9 Å². The Kier molecular flexibility index (Phi) is 5.91. The fraction of sp³-hybridized carbons (Fsp3) is 0.286. The predicted molar refractivity (Wildman–Crippen MR) is 102 cm³/mol.